The first-order valence-corrected chi connectivity index (χ1v) is 8.02. The molecule has 0 aliphatic carbocycles. The summed E-state index contributed by atoms with van der Waals surface area (Å²) in [5.74, 6) is 0.495. The minimum atomic E-state index is -0.342. The first kappa shape index (κ1) is 16.9. The molecule has 7 heteroatoms. The second-order valence-corrected chi connectivity index (χ2v) is 5.78. The van der Waals surface area contributed by atoms with Crippen LogP contribution in [-0.4, -0.2) is 20.7 Å². The van der Waals surface area contributed by atoms with Gasteiger partial charge < -0.3 is 14.3 Å². The fourth-order valence-electron chi connectivity index (χ4n) is 2.64. The van der Waals surface area contributed by atoms with E-state index in [-0.39, 0.29) is 18.3 Å². The number of nitrogens with zero attached hydrogens (tertiary/aromatic N) is 3. The molecule has 0 fully saturated rings. The van der Waals surface area contributed by atoms with Crippen molar-refractivity contribution in [2.24, 2.45) is 0 Å². The highest BCUT2D eigenvalue weighted by Crippen LogP contribution is 2.26. The van der Waals surface area contributed by atoms with Crippen molar-refractivity contribution in [3.8, 4) is 11.5 Å². The smallest absolute Gasteiger partial charge is 0.249 e. The molecule has 1 N–H and O–H groups in total. The molecule has 0 saturated carbocycles. The highest BCUT2D eigenvalue weighted by atomic mass is 19.1. The molecule has 25 heavy (non-hydrogen) atoms. The monoisotopic (exact) mass is 342 g/mol. The molecule has 0 radical (unpaired) electrons. The lowest BCUT2D eigenvalue weighted by Gasteiger charge is -2.10. The van der Waals surface area contributed by atoms with Crippen molar-refractivity contribution < 1.29 is 13.6 Å². The number of nitrogens with one attached hydrogen (secondary N) is 1. The molecule has 0 saturated heterocycles. The van der Waals surface area contributed by atoms with E-state index in [0.29, 0.717) is 23.9 Å². The zero-order valence-electron chi connectivity index (χ0n) is 14.3. The summed E-state index contributed by atoms with van der Waals surface area (Å²) in [6.07, 6.45) is 0.672. The summed E-state index contributed by atoms with van der Waals surface area (Å²) in [5.41, 5.74) is 3.16. The Morgan fingerprint density at radius 3 is 2.60 bits per heavy atom. The lowest BCUT2D eigenvalue weighted by Crippen LogP contribution is -2.20. The molecule has 0 aliphatic rings. The van der Waals surface area contributed by atoms with Crippen molar-refractivity contribution >= 4 is 11.6 Å². The molecule has 3 rings (SSSR count). The van der Waals surface area contributed by atoms with Crippen LogP contribution >= 0.6 is 0 Å². The van der Waals surface area contributed by atoms with E-state index in [4.69, 9.17) is 4.42 Å². The topological polar surface area (TPSA) is 73.0 Å². The maximum absolute atomic E-state index is 12.9. The summed E-state index contributed by atoms with van der Waals surface area (Å²) in [6, 6.07) is 7.59. The van der Waals surface area contributed by atoms with E-state index in [9.17, 15) is 9.18 Å². The van der Waals surface area contributed by atoms with Gasteiger partial charge in [0.15, 0.2) is 0 Å². The molecule has 130 valence electrons. The van der Waals surface area contributed by atoms with Gasteiger partial charge in [0.25, 0.3) is 0 Å². The Labute approximate surface area is 144 Å². The quantitative estimate of drug-likeness (QED) is 0.770. The molecule has 0 atom stereocenters. The Morgan fingerprint density at radius 1 is 1.24 bits per heavy atom. The number of aryl methyl sites for hydroxylation is 2. The van der Waals surface area contributed by atoms with Gasteiger partial charge in [0.1, 0.15) is 12.4 Å². The van der Waals surface area contributed by atoms with Crippen molar-refractivity contribution in [2.45, 2.75) is 33.7 Å². The number of hydrogen-bond acceptors (Lipinski definition) is 4. The van der Waals surface area contributed by atoms with Gasteiger partial charge in [-0.1, -0.05) is 6.92 Å². The van der Waals surface area contributed by atoms with Gasteiger partial charge in [-0.2, -0.15) is 0 Å². The first-order valence-electron chi connectivity index (χ1n) is 8.02. The second-order valence-electron chi connectivity index (χ2n) is 5.78. The van der Waals surface area contributed by atoms with Crippen molar-refractivity contribution in [3.63, 3.8) is 0 Å². The summed E-state index contributed by atoms with van der Waals surface area (Å²) in [6.45, 7) is 5.91. The standard InChI is InChI=1S/C18H19FN4O2/c1-4-17-21-22-18(25-17)15-9-11(2)23(12(15)3)10-16(24)20-14-7-5-13(19)6-8-14/h5-9H,4,10H2,1-3H3,(H,20,24). The lowest BCUT2D eigenvalue weighted by atomic mass is 10.2. The molecule has 2 aromatic heterocycles. The Hall–Kier alpha value is -2.96. The van der Waals surface area contributed by atoms with E-state index in [2.05, 4.69) is 15.5 Å². The van der Waals surface area contributed by atoms with E-state index in [1.807, 2.05) is 31.4 Å². The van der Waals surface area contributed by atoms with Crippen LogP contribution in [0.25, 0.3) is 11.5 Å². The number of halogens is 1. The van der Waals surface area contributed by atoms with Crippen LogP contribution < -0.4 is 5.32 Å². The van der Waals surface area contributed by atoms with Crippen LogP contribution in [0.1, 0.15) is 24.2 Å². The third-order valence-electron chi connectivity index (χ3n) is 4.00. The molecular weight excluding hydrogens is 323 g/mol. The minimum Gasteiger partial charge on any atom is -0.421 e. The third kappa shape index (κ3) is 3.60. The maximum Gasteiger partial charge on any atom is 0.249 e. The molecular formula is C18H19FN4O2. The van der Waals surface area contributed by atoms with E-state index in [0.717, 1.165) is 17.0 Å². The van der Waals surface area contributed by atoms with Crippen molar-refractivity contribution in [3.05, 3.63) is 53.4 Å². The molecule has 6 nitrogen and oxygen atoms in total. The van der Waals surface area contributed by atoms with Crippen molar-refractivity contribution in [2.75, 3.05) is 5.32 Å². The SMILES string of the molecule is CCc1nnc(-c2cc(C)n(CC(=O)Nc3ccc(F)cc3)c2C)o1. The first-order chi connectivity index (χ1) is 12.0. The molecule has 1 amide bonds. The highest BCUT2D eigenvalue weighted by Gasteiger charge is 2.17. The summed E-state index contributed by atoms with van der Waals surface area (Å²) >= 11 is 0. The number of carbonyl (C=O) groups excluding carboxylic acids is 1. The minimum absolute atomic E-state index is 0.143. The summed E-state index contributed by atoms with van der Waals surface area (Å²) in [4.78, 5) is 12.3. The Morgan fingerprint density at radius 2 is 1.96 bits per heavy atom. The van der Waals surface area contributed by atoms with E-state index >= 15 is 0 Å². The fraction of sp³-hybridized carbons (Fsp3) is 0.278. The highest BCUT2D eigenvalue weighted by molar-refractivity contribution is 5.90. The molecule has 2 heterocycles. The van der Waals surface area contributed by atoms with Crippen LogP contribution in [0.5, 0.6) is 0 Å². The zero-order valence-corrected chi connectivity index (χ0v) is 14.3. The summed E-state index contributed by atoms with van der Waals surface area (Å²) in [7, 11) is 0. The second kappa shape index (κ2) is 6.88. The average molecular weight is 342 g/mol. The van der Waals surface area contributed by atoms with Gasteiger partial charge in [-0.25, -0.2) is 4.39 Å². The molecule has 3 aromatic rings. The molecule has 0 unspecified atom stereocenters. The van der Waals surface area contributed by atoms with Crippen LogP contribution in [0.2, 0.25) is 0 Å². The van der Waals surface area contributed by atoms with Crippen LogP contribution in [0.4, 0.5) is 10.1 Å². The normalized spacial score (nSPS) is 10.9. The zero-order chi connectivity index (χ0) is 18.0. The van der Waals surface area contributed by atoms with E-state index < -0.39 is 0 Å². The number of hydrogen-bond donors (Lipinski definition) is 1. The van der Waals surface area contributed by atoms with Gasteiger partial charge >= 0.3 is 0 Å². The van der Waals surface area contributed by atoms with Gasteiger partial charge in [-0.15, -0.1) is 10.2 Å². The van der Waals surface area contributed by atoms with E-state index in [1.165, 1.54) is 24.3 Å². The van der Waals surface area contributed by atoms with Crippen LogP contribution in [0.15, 0.2) is 34.7 Å². The number of amides is 1. The average Bonchev–Trinajstić information content (AvgIpc) is 3.17. The van der Waals surface area contributed by atoms with Gasteiger partial charge in [-0.05, 0) is 44.2 Å². The van der Waals surface area contributed by atoms with Crippen LogP contribution in [-0.2, 0) is 17.8 Å². The number of anilines is 1. The van der Waals surface area contributed by atoms with Gasteiger partial charge in [0.2, 0.25) is 17.7 Å². The van der Waals surface area contributed by atoms with Crippen molar-refractivity contribution in [1.29, 1.82) is 0 Å². The molecule has 0 spiro atoms. The fourth-order valence-corrected chi connectivity index (χ4v) is 2.64. The molecule has 1 aromatic carbocycles. The number of rotatable bonds is 5. The molecule has 0 aliphatic heterocycles. The van der Waals surface area contributed by atoms with Crippen LogP contribution in [0, 0.1) is 19.7 Å². The number of carbonyl (C=O) groups is 1. The third-order valence-corrected chi connectivity index (χ3v) is 4.00. The van der Waals surface area contributed by atoms with Gasteiger partial charge in [0, 0.05) is 23.5 Å². The largest absolute Gasteiger partial charge is 0.421 e. The predicted octanol–water partition coefficient (Wildman–Crippen LogP) is 3.50. The van der Waals surface area contributed by atoms with Crippen molar-refractivity contribution in [1.82, 2.24) is 14.8 Å². The number of benzene rings is 1. The Balaban J connectivity index is 1.78. The number of aromatic nitrogens is 3. The Bertz CT molecular complexity index is 896. The molecule has 0 bridgehead atoms. The van der Waals surface area contributed by atoms with Crippen LogP contribution in [0.3, 0.4) is 0 Å². The Kier molecular flexibility index (Phi) is 4.65. The van der Waals surface area contributed by atoms with Gasteiger partial charge in [-0.3, -0.25) is 4.79 Å². The lowest BCUT2D eigenvalue weighted by molar-refractivity contribution is -0.116. The van der Waals surface area contributed by atoms with E-state index in [1.54, 1.807) is 0 Å². The van der Waals surface area contributed by atoms with Gasteiger partial charge in [0.05, 0.1) is 5.56 Å². The summed E-state index contributed by atoms with van der Waals surface area (Å²) in [5, 5.41) is 10.8. The maximum atomic E-state index is 12.9. The predicted molar refractivity (Wildman–Crippen MR) is 91.6 cm³/mol. The summed E-state index contributed by atoms with van der Waals surface area (Å²) < 4.78 is 20.4.